The van der Waals surface area contributed by atoms with Crippen molar-refractivity contribution in [3.63, 3.8) is 0 Å². The first-order chi connectivity index (χ1) is 9.56. The summed E-state index contributed by atoms with van der Waals surface area (Å²) in [6, 6.07) is 9.69. The van der Waals surface area contributed by atoms with Crippen LogP contribution in [0, 0.1) is 0 Å². The summed E-state index contributed by atoms with van der Waals surface area (Å²) in [6.07, 6.45) is 0.575. The predicted octanol–water partition coefficient (Wildman–Crippen LogP) is 2.10. The molecule has 0 bridgehead atoms. The van der Waals surface area contributed by atoms with Crippen LogP contribution in [0.15, 0.2) is 30.3 Å². The Morgan fingerprint density at radius 2 is 2.05 bits per heavy atom. The lowest BCUT2D eigenvalue weighted by Crippen LogP contribution is -2.57. The topological polar surface area (TPSA) is 55.6 Å². The van der Waals surface area contributed by atoms with Crippen molar-refractivity contribution in [2.24, 2.45) is 5.73 Å². The van der Waals surface area contributed by atoms with Crippen LogP contribution in [-0.4, -0.2) is 35.5 Å². The number of amides is 1. The summed E-state index contributed by atoms with van der Waals surface area (Å²) in [7, 11) is 0. The van der Waals surface area contributed by atoms with Gasteiger partial charge in [-0.1, -0.05) is 37.3 Å². The fourth-order valence-corrected chi connectivity index (χ4v) is 2.81. The van der Waals surface area contributed by atoms with Crippen molar-refractivity contribution >= 4 is 5.91 Å². The third kappa shape index (κ3) is 2.86. The van der Waals surface area contributed by atoms with Gasteiger partial charge in [-0.2, -0.15) is 0 Å². The lowest BCUT2D eigenvalue weighted by Gasteiger charge is -2.44. The molecule has 1 aromatic rings. The number of rotatable bonds is 3. The number of hydrogen-bond acceptors (Lipinski definition) is 3. The zero-order valence-electron chi connectivity index (χ0n) is 12.5. The third-order valence-electron chi connectivity index (χ3n) is 4.01. The number of carbonyl (C=O) groups is 1. The van der Waals surface area contributed by atoms with Crippen molar-refractivity contribution in [2.45, 2.75) is 51.4 Å². The van der Waals surface area contributed by atoms with E-state index in [0.717, 1.165) is 5.56 Å². The molecule has 4 atom stereocenters. The first kappa shape index (κ1) is 15.0. The van der Waals surface area contributed by atoms with E-state index < -0.39 is 6.04 Å². The summed E-state index contributed by atoms with van der Waals surface area (Å²) in [4.78, 5) is 14.4. The second-order valence-corrected chi connectivity index (χ2v) is 5.51. The molecule has 2 N–H and O–H groups in total. The van der Waals surface area contributed by atoms with E-state index in [2.05, 4.69) is 0 Å². The number of nitrogens with zero attached hydrogens (tertiary/aromatic N) is 1. The van der Waals surface area contributed by atoms with E-state index >= 15 is 0 Å². The van der Waals surface area contributed by atoms with Crippen molar-refractivity contribution in [3.05, 3.63) is 35.9 Å². The number of hydrogen-bond donors (Lipinski definition) is 1. The van der Waals surface area contributed by atoms with E-state index in [0.29, 0.717) is 13.0 Å². The molecule has 4 heteroatoms. The van der Waals surface area contributed by atoms with Crippen molar-refractivity contribution in [2.75, 3.05) is 6.61 Å². The molecule has 4 nitrogen and oxygen atoms in total. The van der Waals surface area contributed by atoms with Gasteiger partial charge < -0.3 is 15.4 Å². The molecule has 110 valence electrons. The second kappa shape index (κ2) is 6.37. The summed E-state index contributed by atoms with van der Waals surface area (Å²) < 4.78 is 5.95. The summed E-state index contributed by atoms with van der Waals surface area (Å²) in [6.45, 7) is 6.53. The SMILES string of the molecule is CC[C@H](N)C(=O)N1[C@H](C)CO[C@H](c2ccccc2)[C@@H]1C. The van der Waals surface area contributed by atoms with Crippen LogP contribution in [0.5, 0.6) is 0 Å². The molecule has 1 aliphatic heterocycles. The van der Waals surface area contributed by atoms with E-state index in [1.165, 1.54) is 0 Å². The molecule has 0 radical (unpaired) electrons. The molecule has 2 rings (SSSR count). The molecule has 1 aliphatic rings. The molecule has 0 aliphatic carbocycles. The van der Waals surface area contributed by atoms with Gasteiger partial charge >= 0.3 is 0 Å². The second-order valence-electron chi connectivity index (χ2n) is 5.51. The van der Waals surface area contributed by atoms with Gasteiger partial charge in [0, 0.05) is 0 Å². The zero-order chi connectivity index (χ0) is 14.7. The summed E-state index contributed by atoms with van der Waals surface area (Å²) in [5.74, 6) is 0.0248. The van der Waals surface area contributed by atoms with Gasteiger partial charge in [0.15, 0.2) is 0 Å². The maximum atomic E-state index is 12.5. The van der Waals surface area contributed by atoms with Crippen LogP contribution >= 0.6 is 0 Å². The Labute approximate surface area is 120 Å². The van der Waals surface area contributed by atoms with Gasteiger partial charge in [0.2, 0.25) is 5.91 Å². The predicted molar refractivity (Wildman–Crippen MR) is 79.2 cm³/mol. The summed E-state index contributed by atoms with van der Waals surface area (Å²) in [5.41, 5.74) is 7.03. The van der Waals surface area contributed by atoms with E-state index in [4.69, 9.17) is 10.5 Å². The number of nitrogens with two attached hydrogens (primary N) is 1. The quantitative estimate of drug-likeness (QED) is 0.920. The van der Waals surface area contributed by atoms with Gasteiger partial charge in [0.1, 0.15) is 6.10 Å². The highest BCUT2D eigenvalue weighted by Crippen LogP contribution is 2.31. The molecule has 1 fully saturated rings. The van der Waals surface area contributed by atoms with E-state index in [1.807, 2.05) is 56.0 Å². The van der Waals surface area contributed by atoms with Crippen LogP contribution in [-0.2, 0) is 9.53 Å². The van der Waals surface area contributed by atoms with Crippen molar-refractivity contribution in [1.29, 1.82) is 0 Å². The summed E-state index contributed by atoms with van der Waals surface area (Å²) in [5, 5.41) is 0. The average molecular weight is 276 g/mol. The molecular formula is C16H24N2O2. The van der Waals surface area contributed by atoms with Gasteiger partial charge in [0.25, 0.3) is 0 Å². The van der Waals surface area contributed by atoms with Crippen LogP contribution < -0.4 is 5.73 Å². The van der Waals surface area contributed by atoms with Gasteiger partial charge in [-0.05, 0) is 25.8 Å². The Kier molecular flexibility index (Phi) is 4.78. The number of carbonyl (C=O) groups excluding carboxylic acids is 1. The van der Waals surface area contributed by atoms with Crippen molar-refractivity contribution in [3.8, 4) is 0 Å². The Morgan fingerprint density at radius 3 is 2.65 bits per heavy atom. The fourth-order valence-electron chi connectivity index (χ4n) is 2.81. The molecule has 1 heterocycles. The largest absolute Gasteiger partial charge is 0.369 e. The van der Waals surface area contributed by atoms with Crippen LogP contribution in [0.25, 0.3) is 0 Å². The molecule has 0 saturated carbocycles. The van der Waals surface area contributed by atoms with Crippen LogP contribution in [0.3, 0.4) is 0 Å². The molecule has 1 saturated heterocycles. The highest BCUT2D eigenvalue weighted by Gasteiger charge is 2.38. The monoisotopic (exact) mass is 276 g/mol. The molecule has 20 heavy (non-hydrogen) atoms. The Morgan fingerprint density at radius 1 is 1.40 bits per heavy atom. The van der Waals surface area contributed by atoms with E-state index in [1.54, 1.807) is 0 Å². The first-order valence-corrected chi connectivity index (χ1v) is 7.30. The molecule has 0 spiro atoms. The summed E-state index contributed by atoms with van der Waals surface area (Å²) >= 11 is 0. The standard InChI is InChI=1S/C16H24N2O2/c1-4-14(17)16(19)18-11(2)10-20-15(12(18)3)13-8-6-5-7-9-13/h5-9,11-12,14-15H,4,10,17H2,1-3H3/t11-,12+,14+,15+/m1/s1. The van der Waals surface area contributed by atoms with Crippen LogP contribution in [0.2, 0.25) is 0 Å². The van der Waals surface area contributed by atoms with E-state index in [9.17, 15) is 4.79 Å². The van der Waals surface area contributed by atoms with Gasteiger partial charge in [-0.15, -0.1) is 0 Å². The first-order valence-electron chi connectivity index (χ1n) is 7.30. The van der Waals surface area contributed by atoms with Gasteiger partial charge in [-0.25, -0.2) is 0 Å². The Hall–Kier alpha value is -1.39. The average Bonchev–Trinajstić information content (AvgIpc) is 2.47. The number of ether oxygens (including phenoxy) is 1. The maximum Gasteiger partial charge on any atom is 0.240 e. The fraction of sp³-hybridized carbons (Fsp3) is 0.562. The lowest BCUT2D eigenvalue weighted by molar-refractivity contribution is -0.154. The van der Waals surface area contributed by atoms with Crippen molar-refractivity contribution in [1.82, 2.24) is 4.90 Å². The minimum Gasteiger partial charge on any atom is -0.369 e. The Balaban J connectivity index is 2.22. The molecule has 0 unspecified atom stereocenters. The molecule has 1 amide bonds. The maximum absolute atomic E-state index is 12.5. The highest BCUT2D eigenvalue weighted by atomic mass is 16.5. The molecular weight excluding hydrogens is 252 g/mol. The normalized spacial score (nSPS) is 28.2. The smallest absolute Gasteiger partial charge is 0.240 e. The number of morpholine rings is 1. The molecule has 0 aromatic heterocycles. The minimum atomic E-state index is -0.422. The van der Waals surface area contributed by atoms with Crippen molar-refractivity contribution < 1.29 is 9.53 Å². The Bertz CT molecular complexity index is 449. The molecule has 1 aromatic carbocycles. The third-order valence-corrected chi connectivity index (χ3v) is 4.01. The number of benzene rings is 1. The van der Waals surface area contributed by atoms with Crippen LogP contribution in [0.1, 0.15) is 38.9 Å². The van der Waals surface area contributed by atoms with Gasteiger partial charge in [-0.3, -0.25) is 4.79 Å². The van der Waals surface area contributed by atoms with Gasteiger partial charge in [0.05, 0.1) is 24.7 Å². The minimum absolute atomic E-state index is 0.00810. The van der Waals surface area contributed by atoms with Crippen LogP contribution in [0.4, 0.5) is 0 Å². The lowest BCUT2D eigenvalue weighted by atomic mass is 9.97. The zero-order valence-corrected chi connectivity index (χ0v) is 12.5. The highest BCUT2D eigenvalue weighted by molar-refractivity contribution is 5.82. The van der Waals surface area contributed by atoms with E-state index in [-0.39, 0.29) is 24.1 Å².